The van der Waals surface area contributed by atoms with Crippen LogP contribution >= 0.6 is 0 Å². The van der Waals surface area contributed by atoms with Crippen LogP contribution < -0.4 is 76.6 Å². The van der Waals surface area contributed by atoms with Crippen LogP contribution in [0, 0.1) is 23.2 Å². The van der Waals surface area contributed by atoms with Crippen molar-refractivity contribution in [2.45, 2.75) is 71.1 Å². The van der Waals surface area contributed by atoms with Gasteiger partial charge in [-0.05, 0) is 86.4 Å². The standard InChI is InChI=1S/C20H27FN2O5S.C20H30FNO4S.CHNO.K/c1-3-10-28-18-12-16(7-8-17(18)21)15(2)14-29(26,27)11-6-4-5-9-23-13-19(24)22-20(23)25;1-4-11-26-20-13-18(8-9-19(20)21)16(2)15-27(24,25)12-7-5-6-10-22-14-17(3)23;2-1-3;/h3,7-8,12,15H,1,4-6,9-11,13-14H2,2H3,(H,22,24,25);4,8-9,13,16,22H,1,5-7,10-12,14-15H2,2-3H3;3H;/q;;;+1/p-1/t15-;16-;;/m11../s1. The van der Waals surface area contributed by atoms with Crippen molar-refractivity contribution in [3.05, 3.63) is 84.5 Å². The minimum absolute atomic E-state index is 0. The summed E-state index contributed by atoms with van der Waals surface area (Å²) in [7, 11) is -6.49. The Bertz CT molecular complexity index is 1950. The first-order valence-electron chi connectivity index (χ1n) is 19.2. The number of hydrogen-bond acceptors (Lipinski definition) is 12. The van der Waals surface area contributed by atoms with Gasteiger partial charge in [0.2, 0.25) is 5.91 Å². The zero-order valence-corrected chi connectivity index (χ0v) is 39.8. The minimum atomic E-state index is -3.29. The van der Waals surface area contributed by atoms with Gasteiger partial charge >= 0.3 is 57.4 Å². The Labute approximate surface area is 396 Å². The van der Waals surface area contributed by atoms with Crippen LogP contribution in [-0.2, 0) is 29.3 Å². The summed E-state index contributed by atoms with van der Waals surface area (Å²) in [6.07, 6.45) is 7.50. The summed E-state index contributed by atoms with van der Waals surface area (Å²) >= 11 is 0. The third-order valence-electron chi connectivity index (χ3n) is 8.70. The van der Waals surface area contributed by atoms with Crippen LogP contribution in [0.15, 0.2) is 61.7 Å². The van der Waals surface area contributed by atoms with Gasteiger partial charge in [0.05, 0.1) is 29.6 Å². The number of hydrogen-bond donors (Lipinski definition) is 2. The molecule has 19 heteroatoms. The molecule has 3 rings (SSSR count). The summed E-state index contributed by atoms with van der Waals surface area (Å²) in [6.45, 7) is 14.1. The monoisotopic (exact) mass is 906 g/mol. The third kappa shape index (κ3) is 24.3. The van der Waals surface area contributed by atoms with E-state index >= 15 is 0 Å². The number of Topliss-reactive ketones (excluding diaryl/α,β-unsaturated/α-hetero) is 1. The number of unbranched alkanes of at least 4 members (excludes halogenated alkanes) is 4. The maximum absolute atomic E-state index is 13.8. The number of carbonyl (C=O) groups excluding carboxylic acids is 3. The van der Waals surface area contributed by atoms with Gasteiger partial charge in [0.15, 0.2) is 42.8 Å². The summed E-state index contributed by atoms with van der Waals surface area (Å²) in [5, 5.41) is 20.2. The van der Waals surface area contributed by atoms with Gasteiger partial charge in [0.25, 0.3) is 0 Å². The zero-order valence-electron chi connectivity index (χ0n) is 35.1. The van der Waals surface area contributed by atoms with Gasteiger partial charge in [0, 0.05) is 12.8 Å². The van der Waals surface area contributed by atoms with Crippen molar-refractivity contribution >= 4 is 37.4 Å². The number of ether oxygens (including phenoxy) is 2. The summed E-state index contributed by atoms with van der Waals surface area (Å²) in [6, 6.07) is 8.42. The molecular weight excluding hydrogens is 850 g/mol. The number of nitriles is 1. The fraction of sp³-hybridized carbons (Fsp3) is 0.512. The molecule has 1 saturated heterocycles. The van der Waals surface area contributed by atoms with E-state index < -0.39 is 37.3 Å². The number of rotatable bonds is 26. The molecule has 14 nitrogen and oxygen atoms in total. The first-order chi connectivity index (χ1) is 27.9. The van der Waals surface area contributed by atoms with Crippen LogP contribution in [0.3, 0.4) is 0 Å². The predicted octanol–water partition coefficient (Wildman–Crippen LogP) is 1.72. The van der Waals surface area contributed by atoms with Gasteiger partial charge in [0.1, 0.15) is 25.5 Å². The third-order valence-corrected chi connectivity index (χ3v) is 12.5. The van der Waals surface area contributed by atoms with Crippen molar-refractivity contribution in [3.63, 3.8) is 0 Å². The summed E-state index contributed by atoms with van der Waals surface area (Å²) < 4.78 is 87.5. The Morgan fingerprint density at radius 1 is 0.883 bits per heavy atom. The predicted molar refractivity (Wildman–Crippen MR) is 220 cm³/mol. The number of halogens is 2. The summed E-state index contributed by atoms with van der Waals surface area (Å²) in [5.41, 5.74) is 1.42. The molecule has 0 bridgehead atoms. The van der Waals surface area contributed by atoms with Crippen LogP contribution in [0.1, 0.15) is 82.3 Å². The molecule has 3 amide bonds. The van der Waals surface area contributed by atoms with Gasteiger partial charge in [-0.3, -0.25) is 14.9 Å². The first kappa shape index (κ1) is 56.8. The molecule has 1 aliphatic heterocycles. The summed E-state index contributed by atoms with van der Waals surface area (Å²) in [5.74, 6) is -1.42. The average molecular weight is 907 g/mol. The number of carbonyl (C=O) groups is 3. The first-order valence-corrected chi connectivity index (χ1v) is 22.8. The second-order valence-corrected chi connectivity index (χ2v) is 18.4. The van der Waals surface area contributed by atoms with E-state index in [1.165, 1.54) is 42.2 Å². The Hall–Kier alpha value is -3.22. The van der Waals surface area contributed by atoms with Crippen molar-refractivity contribution in [2.75, 3.05) is 62.4 Å². The number of nitrogens with one attached hydrogen (secondary N) is 2. The fourth-order valence-electron chi connectivity index (χ4n) is 5.77. The van der Waals surface area contributed by atoms with E-state index in [4.69, 9.17) is 19.8 Å². The van der Waals surface area contributed by atoms with E-state index in [0.717, 1.165) is 18.4 Å². The number of imide groups is 1. The molecule has 0 radical (unpaired) electrons. The number of benzene rings is 2. The zero-order chi connectivity index (χ0) is 44.4. The van der Waals surface area contributed by atoms with Crippen LogP contribution in [0.25, 0.3) is 0 Å². The molecule has 2 atom stereocenters. The van der Waals surface area contributed by atoms with Crippen molar-refractivity contribution in [3.8, 4) is 17.8 Å². The van der Waals surface area contributed by atoms with Crippen LogP contribution in [0.4, 0.5) is 13.6 Å². The molecule has 328 valence electrons. The number of urea groups is 1. The molecular formula is C41H57F2KN4O10S2. The van der Waals surface area contributed by atoms with Gasteiger partial charge in [-0.25, -0.2) is 35.7 Å². The Morgan fingerprint density at radius 3 is 1.73 bits per heavy atom. The van der Waals surface area contributed by atoms with Crippen LogP contribution in [0.5, 0.6) is 11.5 Å². The van der Waals surface area contributed by atoms with Crippen molar-refractivity contribution in [2.24, 2.45) is 0 Å². The fourth-order valence-corrected chi connectivity index (χ4v) is 9.30. The number of sulfone groups is 2. The van der Waals surface area contributed by atoms with E-state index in [-0.39, 0.29) is 129 Å². The Morgan fingerprint density at radius 2 is 1.33 bits per heavy atom. The second kappa shape index (κ2) is 30.7. The van der Waals surface area contributed by atoms with Gasteiger partial charge in [-0.15, -0.1) is 0 Å². The number of ketones is 1. The number of nitrogens with zero attached hydrogens (tertiary/aromatic N) is 2. The van der Waals surface area contributed by atoms with Crippen molar-refractivity contribution in [1.29, 1.82) is 5.26 Å². The quantitative estimate of drug-likeness (QED) is 0.0455. The van der Waals surface area contributed by atoms with E-state index in [0.29, 0.717) is 57.1 Å². The van der Waals surface area contributed by atoms with E-state index in [2.05, 4.69) is 23.8 Å². The molecule has 60 heavy (non-hydrogen) atoms. The number of amides is 3. The smallest absolute Gasteiger partial charge is 0.812 e. The molecule has 0 spiro atoms. The van der Waals surface area contributed by atoms with E-state index in [1.807, 2.05) is 6.92 Å². The van der Waals surface area contributed by atoms with Gasteiger partial charge < -0.3 is 24.8 Å². The van der Waals surface area contributed by atoms with Crippen LogP contribution in [0.2, 0.25) is 0 Å². The molecule has 2 aromatic carbocycles. The molecule has 2 aromatic rings. The van der Waals surface area contributed by atoms with Crippen LogP contribution in [-0.4, -0.2) is 102 Å². The van der Waals surface area contributed by atoms with E-state index in [9.17, 15) is 40.0 Å². The second-order valence-electron chi connectivity index (χ2n) is 14.0. The minimum Gasteiger partial charge on any atom is -0.812 e. The molecule has 1 aliphatic rings. The molecule has 2 N–H and O–H groups in total. The normalized spacial score (nSPS) is 13.2. The topological polar surface area (TPSA) is 212 Å². The molecule has 1 heterocycles. The molecule has 1 fully saturated rings. The molecule has 0 unspecified atom stereocenters. The molecule has 0 saturated carbocycles. The molecule has 0 aliphatic carbocycles. The Kier molecular flexibility index (Phi) is 29.1. The average Bonchev–Trinajstić information content (AvgIpc) is 3.49. The van der Waals surface area contributed by atoms with E-state index in [1.54, 1.807) is 25.1 Å². The van der Waals surface area contributed by atoms with Crippen molar-refractivity contribution in [1.82, 2.24) is 15.5 Å². The SMILES string of the molecule is C=CCOc1cc([C@H](C)CS(=O)(=O)CCCCCN2CC(=O)NC2=O)ccc1F.C=CCOc1cc([C@H](C)CS(=O)(=O)CCCCCNCC(C)=O)ccc1F.N#C[O-].[K+]. The maximum Gasteiger partial charge on any atom is 1.00 e. The molecule has 0 aromatic heterocycles. The summed E-state index contributed by atoms with van der Waals surface area (Å²) in [4.78, 5) is 34.8. The van der Waals surface area contributed by atoms with Gasteiger partial charge in [-0.2, -0.15) is 0 Å². The maximum atomic E-state index is 13.8. The van der Waals surface area contributed by atoms with Crippen molar-refractivity contribution < 1.29 is 106 Å². The largest absolute Gasteiger partial charge is 1.00 e. The Balaban J connectivity index is 0.00000107. The van der Waals surface area contributed by atoms with Gasteiger partial charge in [-0.1, -0.05) is 64.1 Å².